The van der Waals surface area contributed by atoms with Crippen LogP contribution in [0.1, 0.15) is 55.9 Å². The van der Waals surface area contributed by atoms with E-state index in [-0.39, 0.29) is 47.3 Å². The van der Waals surface area contributed by atoms with Gasteiger partial charge in [0.25, 0.3) is 0 Å². The van der Waals surface area contributed by atoms with Gasteiger partial charge in [-0.25, -0.2) is 13.4 Å². The monoisotopic (exact) mass is 559 g/mol. The van der Waals surface area contributed by atoms with E-state index in [2.05, 4.69) is 34.4 Å². The minimum atomic E-state index is -4.21. The number of alkyl halides is 3. The standard InChI is InChI=1S/C24H32F3N5O3S2/c1-4-37(34,35)17-7-6-16(28-11-17)9-20(33)30-23-31-21-18(36-23)13-32(22(21)14(2)3)12-15-5-8-19(29-10-15)24(25,26)27/h6-7,11,14-15,19,22,29H,4-5,8-10,12-13H2,1-3H3,(H,30,31,33)/t15-,19?,22?/m0/s1. The number of fused-ring (bicyclic) bond motifs is 1. The molecule has 0 aliphatic carbocycles. The van der Waals surface area contributed by atoms with E-state index < -0.39 is 22.1 Å². The molecule has 0 spiro atoms. The molecule has 1 saturated heterocycles. The number of amides is 1. The fraction of sp³-hybridized carbons (Fsp3) is 0.625. The highest BCUT2D eigenvalue weighted by atomic mass is 32.2. The third-order valence-corrected chi connectivity index (χ3v) is 9.60. The zero-order chi connectivity index (χ0) is 27.0. The van der Waals surface area contributed by atoms with E-state index in [0.29, 0.717) is 36.9 Å². The summed E-state index contributed by atoms with van der Waals surface area (Å²) in [6, 6.07) is 1.61. The Morgan fingerprint density at radius 3 is 2.62 bits per heavy atom. The Balaban J connectivity index is 1.35. The zero-order valence-electron chi connectivity index (χ0n) is 21.0. The molecular formula is C24H32F3N5O3S2. The summed E-state index contributed by atoms with van der Waals surface area (Å²) in [6.45, 7) is 7.44. The number of thiazole rings is 1. The summed E-state index contributed by atoms with van der Waals surface area (Å²) in [5.41, 5.74) is 1.37. The lowest BCUT2D eigenvalue weighted by molar-refractivity contribution is -0.162. The highest BCUT2D eigenvalue weighted by Gasteiger charge is 2.43. The summed E-state index contributed by atoms with van der Waals surface area (Å²) in [6.07, 6.45) is -2.32. The molecule has 13 heteroatoms. The van der Waals surface area contributed by atoms with E-state index in [1.807, 2.05) is 0 Å². The van der Waals surface area contributed by atoms with Crippen molar-refractivity contribution in [1.82, 2.24) is 20.2 Å². The van der Waals surface area contributed by atoms with E-state index >= 15 is 0 Å². The molecule has 0 aromatic carbocycles. The molecule has 2 unspecified atom stereocenters. The molecule has 4 heterocycles. The van der Waals surface area contributed by atoms with Crippen LogP contribution in [0.25, 0.3) is 0 Å². The lowest BCUT2D eigenvalue weighted by Crippen LogP contribution is -2.49. The fourth-order valence-corrected chi connectivity index (χ4v) is 6.87. The van der Waals surface area contributed by atoms with Crippen molar-refractivity contribution in [3.8, 4) is 0 Å². The largest absolute Gasteiger partial charge is 0.403 e. The number of piperidine rings is 1. The number of hydrogen-bond acceptors (Lipinski definition) is 8. The molecule has 1 amide bonds. The highest BCUT2D eigenvalue weighted by Crippen LogP contribution is 2.43. The first-order valence-electron chi connectivity index (χ1n) is 12.4. The molecule has 2 aliphatic heterocycles. The number of aromatic nitrogens is 2. The molecule has 37 heavy (non-hydrogen) atoms. The van der Waals surface area contributed by atoms with Gasteiger partial charge >= 0.3 is 6.18 Å². The average Bonchev–Trinajstić information content (AvgIpc) is 3.35. The van der Waals surface area contributed by atoms with Crippen molar-refractivity contribution in [3.05, 3.63) is 34.6 Å². The van der Waals surface area contributed by atoms with Gasteiger partial charge in [0.1, 0.15) is 6.04 Å². The third kappa shape index (κ3) is 6.50. The molecule has 2 aliphatic rings. The molecule has 0 bridgehead atoms. The maximum atomic E-state index is 13.0. The molecule has 8 nitrogen and oxygen atoms in total. The number of hydrogen-bond donors (Lipinski definition) is 2. The van der Waals surface area contributed by atoms with Crippen LogP contribution in [-0.4, -0.2) is 60.3 Å². The van der Waals surface area contributed by atoms with E-state index in [1.165, 1.54) is 29.7 Å². The van der Waals surface area contributed by atoms with Crippen LogP contribution in [0.15, 0.2) is 23.2 Å². The Morgan fingerprint density at radius 1 is 1.30 bits per heavy atom. The molecule has 2 N–H and O–H groups in total. The quantitative estimate of drug-likeness (QED) is 0.505. The van der Waals surface area contributed by atoms with Crippen LogP contribution in [-0.2, 0) is 27.6 Å². The number of nitrogens with one attached hydrogen (secondary N) is 2. The second-order valence-corrected chi connectivity index (χ2v) is 13.4. The van der Waals surface area contributed by atoms with E-state index in [1.54, 1.807) is 6.92 Å². The summed E-state index contributed by atoms with van der Waals surface area (Å²) in [5, 5.41) is 5.98. The fourth-order valence-electron chi connectivity index (χ4n) is 5.01. The second kappa shape index (κ2) is 11.0. The first-order valence-corrected chi connectivity index (χ1v) is 14.9. The lowest BCUT2D eigenvalue weighted by Gasteiger charge is -2.35. The van der Waals surface area contributed by atoms with Crippen molar-refractivity contribution in [2.75, 3.05) is 24.2 Å². The first kappa shape index (κ1) is 27.9. The zero-order valence-corrected chi connectivity index (χ0v) is 22.6. The Labute approximate surface area is 219 Å². The van der Waals surface area contributed by atoms with Crippen LogP contribution in [0.5, 0.6) is 0 Å². The van der Waals surface area contributed by atoms with Crippen molar-refractivity contribution >= 4 is 32.2 Å². The summed E-state index contributed by atoms with van der Waals surface area (Å²) < 4.78 is 62.8. The van der Waals surface area contributed by atoms with Crippen LogP contribution in [0.3, 0.4) is 0 Å². The van der Waals surface area contributed by atoms with Crippen LogP contribution in [0, 0.1) is 11.8 Å². The Morgan fingerprint density at radius 2 is 2.05 bits per heavy atom. The van der Waals surface area contributed by atoms with Gasteiger partial charge in [0, 0.05) is 29.9 Å². The minimum absolute atomic E-state index is 0.00989. The molecule has 3 atom stereocenters. The first-order chi connectivity index (χ1) is 17.4. The van der Waals surface area contributed by atoms with Gasteiger partial charge in [-0.15, -0.1) is 11.3 Å². The minimum Gasteiger partial charge on any atom is -0.306 e. The Hall–Kier alpha value is -2.09. The van der Waals surface area contributed by atoms with Gasteiger partial charge in [0.15, 0.2) is 15.0 Å². The molecule has 0 radical (unpaired) electrons. The summed E-state index contributed by atoms with van der Waals surface area (Å²) in [4.78, 5) is 24.9. The van der Waals surface area contributed by atoms with Crippen molar-refractivity contribution in [1.29, 1.82) is 0 Å². The SMILES string of the molecule is CCS(=O)(=O)c1ccc(CC(=O)Nc2nc3c(s2)CN(C[C@H]2CCC(C(F)(F)F)NC2)C3C(C)C)nc1. The van der Waals surface area contributed by atoms with E-state index in [4.69, 9.17) is 4.98 Å². The van der Waals surface area contributed by atoms with Crippen molar-refractivity contribution in [2.45, 2.75) is 69.7 Å². The Kier molecular flexibility index (Phi) is 8.27. The number of carbonyl (C=O) groups excluding carboxylic acids is 1. The van der Waals surface area contributed by atoms with Gasteiger partial charge in [-0.3, -0.25) is 14.7 Å². The molecular weight excluding hydrogens is 527 g/mol. The predicted molar refractivity (Wildman–Crippen MR) is 135 cm³/mol. The summed E-state index contributed by atoms with van der Waals surface area (Å²) >= 11 is 1.41. The number of pyridine rings is 1. The number of anilines is 1. The van der Waals surface area contributed by atoms with Gasteiger partial charge in [0.05, 0.1) is 28.8 Å². The van der Waals surface area contributed by atoms with Gasteiger partial charge in [-0.1, -0.05) is 20.8 Å². The molecule has 204 valence electrons. The molecule has 2 aromatic heterocycles. The average molecular weight is 560 g/mol. The van der Waals surface area contributed by atoms with Crippen LogP contribution >= 0.6 is 11.3 Å². The van der Waals surface area contributed by atoms with E-state index in [0.717, 1.165) is 10.6 Å². The van der Waals surface area contributed by atoms with E-state index in [9.17, 15) is 26.4 Å². The topological polar surface area (TPSA) is 104 Å². The van der Waals surface area contributed by atoms with Crippen LogP contribution in [0.4, 0.5) is 18.3 Å². The van der Waals surface area contributed by atoms with Gasteiger partial charge in [0.2, 0.25) is 5.91 Å². The number of carbonyl (C=O) groups is 1. The van der Waals surface area contributed by atoms with Gasteiger partial charge < -0.3 is 10.6 Å². The summed E-state index contributed by atoms with van der Waals surface area (Å²) in [5.74, 6) is 0.0675. The predicted octanol–water partition coefficient (Wildman–Crippen LogP) is 3.96. The number of sulfone groups is 1. The number of halogens is 3. The third-order valence-electron chi connectivity index (χ3n) is 6.91. The Bertz CT molecular complexity index is 1210. The normalized spacial score (nSPS) is 22.8. The van der Waals surface area contributed by atoms with Crippen molar-refractivity contribution in [3.63, 3.8) is 0 Å². The van der Waals surface area contributed by atoms with Gasteiger partial charge in [-0.05, 0) is 43.4 Å². The van der Waals surface area contributed by atoms with Crippen LogP contribution in [0.2, 0.25) is 0 Å². The molecule has 1 fully saturated rings. The number of nitrogens with zero attached hydrogens (tertiary/aromatic N) is 3. The lowest BCUT2D eigenvalue weighted by atomic mass is 9.93. The highest BCUT2D eigenvalue weighted by molar-refractivity contribution is 7.91. The smallest absolute Gasteiger partial charge is 0.306 e. The molecule has 0 saturated carbocycles. The maximum Gasteiger partial charge on any atom is 0.403 e. The maximum absolute atomic E-state index is 13.0. The number of rotatable bonds is 8. The van der Waals surface area contributed by atoms with Crippen molar-refractivity contribution in [2.24, 2.45) is 11.8 Å². The van der Waals surface area contributed by atoms with Gasteiger partial charge in [-0.2, -0.15) is 13.2 Å². The molecule has 4 rings (SSSR count). The van der Waals surface area contributed by atoms with Crippen molar-refractivity contribution < 1.29 is 26.4 Å². The second-order valence-electron chi connectivity index (χ2n) is 10.0. The van der Waals surface area contributed by atoms with Crippen LogP contribution < -0.4 is 10.6 Å². The summed E-state index contributed by atoms with van der Waals surface area (Å²) in [7, 11) is -3.35. The molecule has 2 aromatic rings.